The highest BCUT2D eigenvalue weighted by Gasteiger charge is 2.41. The summed E-state index contributed by atoms with van der Waals surface area (Å²) in [7, 11) is 0. The fourth-order valence-corrected chi connectivity index (χ4v) is 4.70. The molecule has 1 saturated heterocycles. The number of ether oxygens (including phenoxy) is 1. The highest BCUT2D eigenvalue weighted by atomic mass is 32.1. The third-order valence-corrected chi connectivity index (χ3v) is 6.17. The number of likely N-dealkylation sites (N-methyl/N-ethyl adjacent to an activating group) is 1. The number of benzene rings is 1. The zero-order valence-electron chi connectivity index (χ0n) is 14.6. The Morgan fingerprint density at radius 1 is 1.20 bits per heavy atom. The number of amides is 1. The van der Waals surface area contributed by atoms with Crippen molar-refractivity contribution in [2.75, 3.05) is 37.7 Å². The number of piperidine rings is 1. The second-order valence-corrected chi connectivity index (χ2v) is 7.52. The number of hydrogen-bond acceptors (Lipinski definition) is 4. The molecule has 1 aromatic carbocycles. The molecule has 0 radical (unpaired) electrons. The number of carbonyl (C=O) groups excluding carboxylic acids is 1. The van der Waals surface area contributed by atoms with E-state index < -0.39 is 0 Å². The number of nitrogens with zero attached hydrogens (tertiary/aromatic N) is 2. The normalized spacial score (nSPS) is 19.6. The molecule has 1 amide bonds. The summed E-state index contributed by atoms with van der Waals surface area (Å²) in [6.07, 6.45) is 1.72. The monoisotopic (exact) mass is 356 g/mol. The molecule has 4 rings (SSSR count). The molecule has 0 saturated carbocycles. The van der Waals surface area contributed by atoms with E-state index in [2.05, 4.69) is 36.1 Å². The number of carbonyl (C=O) groups is 1. The molecule has 4 nitrogen and oxygen atoms in total. The van der Waals surface area contributed by atoms with Crippen LogP contribution in [0.5, 0.6) is 0 Å². The van der Waals surface area contributed by atoms with E-state index in [1.807, 2.05) is 21.7 Å². The lowest BCUT2D eigenvalue weighted by atomic mass is 9.83. The van der Waals surface area contributed by atoms with Gasteiger partial charge in [-0.05, 0) is 37.3 Å². The van der Waals surface area contributed by atoms with Crippen molar-refractivity contribution < 1.29 is 9.53 Å². The van der Waals surface area contributed by atoms with Gasteiger partial charge >= 0.3 is 0 Å². The van der Waals surface area contributed by atoms with E-state index in [9.17, 15) is 4.79 Å². The van der Waals surface area contributed by atoms with Crippen molar-refractivity contribution in [1.29, 1.82) is 0 Å². The van der Waals surface area contributed by atoms with E-state index >= 15 is 0 Å². The highest BCUT2D eigenvalue weighted by molar-refractivity contribution is 7.08. The Morgan fingerprint density at radius 3 is 2.72 bits per heavy atom. The molecule has 0 unspecified atom stereocenters. The average Bonchev–Trinajstić information content (AvgIpc) is 3.15. The lowest BCUT2D eigenvalue weighted by Gasteiger charge is -2.42. The first-order valence-corrected chi connectivity index (χ1v) is 9.98. The first kappa shape index (κ1) is 16.6. The van der Waals surface area contributed by atoms with Gasteiger partial charge in [-0.1, -0.05) is 18.2 Å². The Hall–Kier alpha value is -1.85. The largest absolute Gasteiger partial charge is 0.369 e. The molecule has 0 atom stereocenters. The van der Waals surface area contributed by atoms with Gasteiger partial charge in [-0.2, -0.15) is 11.3 Å². The Kier molecular flexibility index (Phi) is 4.52. The van der Waals surface area contributed by atoms with Crippen LogP contribution in [0.3, 0.4) is 0 Å². The summed E-state index contributed by atoms with van der Waals surface area (Å²) in [4.78, 5) is 17.0. The Bertz CT molecular complexity index is 736. The molecule has 1 spiro atoms. The maximum atomic E-state index is 12.6. The lowest BCUT2D eigenvalue weighted by molar-refractivity contribution is -0.0791. The molecule has 132 valence electrons. The lowest BCUT2D eigenvalue weighted by Crippen LogP contribution is -2.46. The van der Waals surface area contributed by atoms with E-state index in [1.165, 1.54) is 11.3 Å². The smallest absolute Gasteiger partial charge is 0.254 e. The highest BCUT2D eigenvalue weighted by Crippen LogP contribution is 2.43. The van der Waals surface area contributed by atoms with Crippen LogP contribution in [0.1, 0.15) is 35.7 Å². The van der Waals surface area contributed by atoms with Gasteiger partial charge in [0.25, 0.3) is 5.91 Å². The molecule has 1 fully saturated rings. The average molecular weight is 356 g/mol. The minimum atomic E-state index is -0.258. The SMILES string of the molecule is CCN1CCOC2(CCN(C(=O)c3ccsc3)CC2)c2ccccc21. The van der Waals surface area contributed by atoms with Crippen molar-refractivity contribution in [1.82, 2.24) is 4.90 Å². The van der Waals surface area contributed by atoms with Crippen LogP contribution in [0, 0.1) is 0 Å². The van der Waals surface area contributed by atoms with Gasteiger partial charge in [0.15, 0.2) is 0 Å². The van der Waals surface area contributed by atoms with Crippen LogP contribution in [0.4, 0.5) is 5.69 Å². The van der Waals surface area contributed by atoms with Gasteiger partial charge in [-0.3, -0.25) is 4.79 Å². The zero-order chi connectivity index (χ0) is 17.3. The Labute approximate surface area is 153 Å². The van der Waals surface area contributed by atoms with Crippen LogP contribution in [-0.4, -0.2) is 43.6 Å². The Balaban J connectivity index is 1.58. The van der Waals surface area contributed by atoms with E-state index in [0.717, 1.165) is 51.2 Å². The molecule has 1 aromatic heterocycles. The molecule has 0 bridgehead atoms. The van der Waals surface area contributed by atoms with Crippen LogP contribution in [-0.2, 0) is 10.3 Å². The van der Waals surface area contributed by atoms with Crippen molar-refractivity contribution in [3.63, 3.8) is 0 Å². The molecule has 2 aromatic rings. The molecular formula is C20H24N2O2S. The van der Waals surface area contributed by atoms with Crippen molar-refractivity contribution in [2.45, 2.75) is 25.4 Å². The first-order valence-electron chi connectivity index (χ1n) is 9.03. The number of thiophene rings is 1. The molecule has 3 heterocycles. The van der Waals surface area contributed by atoms with Crippen molar-refractivity contribution in [3.05, 3.63) is 52.2 Å². The maximum absolute atomic E-state index is 12.6. The van der Waals surface area contributed by atoms with Gasteiger partial charge in [-0.15, -0.1) is 0 Å². The van der Waals surface area contributed by atoms with E-state index in [0.29, 0.717) is 0 Å². The summed E-state index contributed by atoms with van der Waals surface area (Å²) in [6.45, 7) is 6.33. The zero-order valence-corrected chi connectivity index (χ0v) is 15.4. The minimum Gasteiger partial charge on any atom is -0.369 e. The topological polar surface area (TPSA) is 32.8 Å². The molecule has 2 aliphatic rings. The predicted molar refractivity (Wildman–Crippen MR) is 101 cm³/mol. The minimum absolute atomic E-state index is 0.146. The molecular weight excluding hydrogens is 332 g/mol. The second-order valence-electron chi connectivity index (χ2n) is 6.74. The van der Waals surface area contributed by atoms with Crippen LogP contribution >= 0.6 is 11.3 Å². The van der Waals surface area contributed by atoms with Crippen LogP contribution < -0.4 is 4.90 Å². The third kappa shape index (κ3) is 2.96. The van der Waals surface area contributed by atoms with Gasteiger partial charge < -0.3 is 14.5 Å². The van der Waals surface area contributed by atoms with E-state index in [4.69, 9.17) is 4.74 Å². The summed E-state index contributed by atoms with van der Waals surface area (Å²) < 4.78 is 6.43. The molecule has 0 N–H and O–H groups in total. The molecule has 2 aliphatic heterocycles. The molecule has 25 heavy (non-hydrogen) atoms. The quantitative estimate of drug-likeness (QED) is 0.822. The number of rotatable bonds is 2. The van der Waals surface area contributed by atoms with Crippen LogP contribution in [0.15, 0.2) is 41.1 Å². The van der Waals surface area contributed by atoms with Crippen LogP contribution in [0.2, 0.25) is 0 Å². The standard InChI is InChI=1S/C20H24N2O2S/c1-2-21-12-13-24-20(17-5-3-4-6-18(17)21)8-10-22(11-9-20)19(23)16-7-14-25-15-16/h3-7,14-15H,2,8-13H2,1H3. The number of hydrogen-bond donors (Lipinski definition) is 0. The Morgan fingerprint density at radius 2 is 2.00 bits per heavy atom. The number of fused-ring (bicyclic) bond motifs is 2. The predicted octanol–water partition coefficient (Wildman–Crippen LogP) is 3.74. The van der Waals surface area contributed by atoms with E-state index in [1.54, 1.807) is 11.3 Å². The number of likely N-dealkylation sites (tertiary alicyclic amines) is 1. The van der Waals surface area contributed by atoms with Gasteiger partial charge in [0.05, 0.1) is 17.8 Å². The van der Waals surface area contributed by atoms with Crippen molar-refractivity contribution in [3.8, 4) is 0 Å². The van der Waals surface area contributed by atoms with Gasteiger partial charge in [-0.25, -0.2) is 0 Å². The number of anilines is 1. The second kappa shape index (κ2) is 6.81. The van der Waals surface area contributed by atoms with Crippen LogP contribution in [0.25, 0.3) is 0 Å². The first-order chi connectivity index (χ1) is 12.2. The van der Waals surface area contributed by atoms with Gasteiger partial charge in [0.1, 0.15) is 0 Å². The maximum Gasteiger partial charge on any atom is 0.254 e. The van der Waals surface area contributed by atoms with E-state index in [-0.39, 0.29) is 11.5 Å². The molecule has 5 heteroatoms. The summed E-state index contributed by atoms with van der Waals surface area (Å²) in [5.41, 5.74) is 3.13. The fourth-order valence-electron chi connectivity index (χ4n) is 4.07. The summed E-state index contributed by atoms with van der Waals surface area (Å²) >= 11 is 1.57. The summed E-state index contributed by atoms with van der Waals surface area (Å²) in [5.74, 6) is 0.146. The van der Waals surface area contributed by atoms with Gasteiger partial charge in [0, 0.05) is 42.8 Å². The van der Waals surface area contributed by atoms with Gasteiger partial charge in [0.2, 0.25) is 0 Å². The fraction of sp³-hybridized carbons (Fsp3) is 0.450. The van der Waals surface area contributed by atoms with Crippen molar-refractivity contribution >= 4 is 22.9 Å². The summed E-state index contributed by atoms with van der Waals surface area (Å²) in [6, 6.07) is 10.5. The molecule has 0 aliphatic carbocycles. The summed E-state index contributed by atoms with van der Waals surface area (Å²) in [5, 5.41) is 3.89. The third-order valence-electron chi connectivity index (χ3n) is 5.48. The number of para-hydroxylation sites is 1. The van der Waals surface area contributed by atoms with Crippen molar-refractivity contribution in [2.24, 2.45) is 0 Å².